The summed E-state index contributed by atoms with van der Waals surface area (Å²) >= 11 is 12.0. The Morgan fingerprint density at radius 2 is 1.66 bits per heavy atom. The van der Waals surface area contributed by atoms with Crippen molar-refractivity contribution in [3.05, 3.63) is 88.2 Å². The second-order valence-corrected chi connectivity index (χ2v) is 7.98. The molecule has 2 aromatic carbocycles. The summed E-state index contributed by atoms with van der Waals surface area (Å²) in [4.78, 5) is 16.5. The monoisotopic (exact) mass is 468 g/mol. The van der Waals surface area contributed by atoms with Crippen molar-refractivity contribution in [3.8, 4) is 11.1 Å². The molecule has 0 aliphatic carbocycles. The summed E-state index contributed by atoms with van der Waals surface area (Å²) in [5.74, 6) is 0. The van der Waals surface area contributed by atoms with Gasteiger partial charge < -0.3 is 20.9 Å². The quantitative estimate of drug-likeness (QED) is 0.279. The number of halogens is 2. The van der Waals surface area contributed by atoms with Crippen molar-refractivity contribution in [2.45, 2.75) is 26.0 Å². The predicted molar refractivity (Wildman–Crippen MR) is 128 cm³/mol. The van der Waals surface area contributed by atoms with Crippen LogP contribution in [-0.4, -0.2) is 28.5 Å². The van der Waals surface area contributed by atoms with Crippen LogP contribution in [0.2, 0.25) is 10.2 Å². The molecule has 3 N–H and O–H groups in total. The lowest BCUT2D eigenvalue weighted by molar-refractivity contribution is 0.107. The second-order valence-electron chi connectivity index (χ2n) is 7.19. The van der Waals surface area contributed by atoms with E-state index >= 15 is 0 Å². The number of nitrogens with zero attached hydrogens (tertiary/aromatic N) is 1. The van der Waals surface area contributed by atoms with Crippen molar-refractivity contribution >= 4 is 40.7 Å². The first kappa shape index (κ1) is 23.4. The number of carbonyl (C=O) groups is 1. The number of aromatic nitrogens is 1. The van der Waals surface area contributed by atoms with Gasteiger partial charge in [0.25, 0.3) is 0 Å². The summed E-state index contributed by atoms with van der Waals surface area (Å²) in [5.41, 5.74) is 3.25. The average molecular weight is 469 g/mol. The summed E-state index contributed by atoms with van der Waals surface area (Å²) in [6, 6.07) is 17.0. The summed E-state index contributed by atoms with van der Waals surface area (Å²) in [6.07, 6.45) is 0.352. The minimum Gasteiger partial charge on any atom is -0.442 e. The number of nitrogens with one attached hydrogen (secondary N) is 3. The zero-order valence-corrected chi connectivity index (χ0v) is 19.0. The summed E-state index contributed by atoms with van der Waals surface area (Å²) < 4.78 is 5.42. The number of hydrogen-bond acceptors (Lipinski definition) is 5. The standard InChI is InChI=1S/C24H22Cl2N4O2/c1-14(27)23(30-24(31)32-15(2)19-5-3-4-6-20(19)25)22(28)17-9-7-16(8-10-17)18-11-12-21(26)29-13-18/h3-13,15,23,27-28H,1-2H3,(H,30,31). The molecule has 0 saturated heterocycles. The Labute approximate surface area is 196 Å². The number of amides is 1. The van der Waals surface area contributed by atoms with Crippen molar-refractivity contribution in [3.63, 3.8) is 0 Å². The molecule has 0 saturated carbocycles. The van der Waals surface area contributed by atoms with Gasteiger partial charge in [-0.15, -0.1) is 0 Å². The fourth-order valence-corrected chi connectivity index (χ4v) is 3.53. The van der Waals surface area contributed by atoms with Gasteiger partial charge in [0, 0.05) is 28.1 Å². The molecular weight excluding hydrogens is 447 g/mol. The molecule has 8 heteroatoms. The normalized spacial score (nSPS) is 12.5. The maximum atomic E-state index is 12.5. The van der Waals surface area contributed by atoms with Crippen LogP contribution in [0.4, 0.5) is 4.79 Å². The third-order valence-corrected chi connectivity index (χ3v) is 5.44. The van der Waals surface area contributed by atoms with Crippen molar-refractivity contribution in [2.24, 2.45) is 0 Å². The maximum absolute atomic E-state index is 12.5. The van der Waals surface area contributed by atoms with Gasteiger partial charge in [0.2, 0.25) is 0 Å². The Balaban J connectivity index is 1.70. The van der Waals surface area contributed by atoms with E-state index in [1.165, 1.54) is 6.92 Å². The molecule has 2 atom stereocenters. The molecule has 1 heterocycles. The topological polar surface area (TPSA) is 98.9 Å². The van der Waals surface area contributed by atoms with Gasteiger partial charge in [-0.3, -0.25) is 0 Å². The lowest BCUT2D eigenvalue weighted by atomic mass is 9.98. The lowest BCUT2D eigenvalue weighted by Gasteiger charge is -2.21. The summed E-state index contributed by atoms with van der Waals surface area (Å²) in [5, 5.41) is 20.1. The van der Waals surface area contributed by atoms with Crippen molar-refractivity contribution in [2.75, 3.05) is 0 Å². The van der Waals surface area contributed by atoms with Gasteiger partial charge in [-0.2, -0.15) is 0 Å². The van der Waals surface area contributed by atoms with E-state index in [0.29, 0.717) is 21.3 Å². The molecule has 2 unspecified atom stereocenters. The number of benzene rings is 2. The van der Waals surface area contributed by atoms with E-state index < -0.39 is 18.2 Å². The molecule has 0 bridgehead atoms. The highest BCUT2D eigenvalue weighted by Crippen LogP contribution is 2.25. The third kappa shape index (κ3) is 5.72. The maximum Gasteiger partial charge on any atom is 0.408 e. The third-order valence-electron chi connectivity index (χ3n) is 4.87. The highest BCUT2D eigenvalue weighted by molar-refractivity contribution is 6.31. The largest absolute Gasteiger partial charge is 0.442 e. The highest BCUT2D eigenvalue weighted by atomic mass is 35.5. The minimum absolute atomic E-state index is 0.0839. The Morgan fingerprint density at radius 3 is 2.25 bits per heavy atom. The van der Waals surface area contributed by atoms with Crippen LogP contribution in [-0.2, 0) is 4.74 Å². The first-order valence-electron chi connectivity index (χ1n) is 9.83. The Morgan fingerprint density at radius 1 is 1.00 bits per heavy atom. The van der Waals surface area contributed by atoms with E-state index in [9.17, 15) is 4.79 Å². The molecule has 3 rings (SSSR count). The van der Waals surface area contributed by atoms with Crippen LogP contribution in [0.3, 0.4) is 0 Å². The van der Waals surface area contributed by atoms with E-state index in [0.717, 1.165) is 11.1 Å². The molecule has 0 aliphatic heterocycles. The van der Waals surface area contributed by atoms with Crippen LogP contribution >= 0.6 is 23.2 Å². The van der Waals surface area contributed by atoms with E-state index in [2.05, 4.69) is 10.3 Å². The van der Waals surface area contributed by atoms with Crippen LogP contribution in [0.5, 0.6) is 0 Å². The first-order valence-corrected chi connectivity index (χ1v) is 10.6. The van der Waals surface area contributed by atoms with E-state index in [4.69, 9.17) is 38.8 Å². The number of carbonyl (C=O) groups excluding carboxylic acids is 1. The van der Waals surface area contributed by atoms with Crippen LogP contribution in [0.1, 0.15) is 31.1 Å². The number of alkyl carbamates (subject to hydrolysis) is 1. The fourth-order valence-electron chi connectivity index (χ4n) is 3.13. The Hall–Kier alpha value is -3.22. The summed E-state index contributed by atoms with van der Waals surface area (Å²) in [6.45, 7) is 3.24. The van der Waals surface area contributed by atoms with Crippen LogP contribution < -0.4 is 5.32 Å². The molecule has 164 valence electrons. The predicted octanol–water partition coefficient (Wildman–Crippen LogP) is 6.32. The van der Waals surface area contributed by atoms with Crippen LogP contribution in [0.15, 0.2) is 66.9 Å². The SMILES string of the molecule is CC(=N)C(NC(=O)OC(C)c1ccccc1Cl)C(=N)c1ccc(-c2ccc(Cl)nc2)cc1. The van der Waals surface area contributed by atoms with E-state index in [1.54, 1.807) is 49.5 Å². The van der Waals surface area contributed by atoms with Gasteiger partial charge in [-0.1, -0.05) is 65.7 Å². The van der Waals surface area contributed by atoms with Gasteiger partial charge in [0.1, 0.15) is 17.3 Å². The molecule has 32 heavy (non-hydrogen) atoms. The van der Waals surface area contributed by atoms with Crippen LogP contribution in [0, 0.1) is 10.8 Å². The molecular formula is C24H22Cl2N4O2. The Bertz CT molecular complexity index is 1130. The minimum atomic E-state index is -0.927. The average Bonchev–Trinajstić information content (AvgIpc) is 2.77. The van der Waals surface area contributed by atoms with E-state index in [1.807, 2.05) is 24.3 Å². The molecule has 1 amide bonds. The van der Waals surface area contributed by atoms with Gasteiger partial charge >= 0.3 is 6.09 Å². The number of pyridine rings is 1. The molecule has 3 aromatic rings. The van der Waals surface area contributed by atoms with Gasteiger partial charge in [-0.25, -0.2) is 9.78 Å². The lowest BCUT2D eigenvalue weighted by Crippen LogP contribution is -2.45. The number of hydrogen-bond donors (Lipinski definition) is 3. The fraction of sp³-hybridized carbons (Fsp3) is 0.167. The smallest absolute Gasteiger partial charge is 0.408 e. The zero-order chi connectivity index (χ0) is 23.3. The van der Waals surface area contributed by atoms with E-state index in [-0.39, 0.29) is 11.4 Å². The molecule has 0 spiro atoms. The molecule has 0 radical (unpaired) electrons. The Kier molecular flexibility index (Phi) is 7.62. The zero-order valence-electron chi connectivity index (χ0n) is 17.5. The molecule has 0 aliphatic rings. The van der Waals surface area contributed by atoms with Crippen molar-refractivity contribution < 1.29 is 9.53 Å². The number of rotatable bonds is 7. The second kappa shape index (κ2) is 10.4. The molecule has 0 fully saturated rings. The van der Waals surface area contributed by atoms with Crippen LogP contribution in [0.25, 0.3) is 11.1 Å². The van der Waals surface area contributed by atoms with Crippen molar-refractivity contribution in [1.82, 2.24) is 10.3 Å². The van der Waals surface area contributed by atoms with Gasteiger partial charge in [0.05, 0.1) is 5.71 Å². The molecule has 6 nitrogen and oxygen atoms in total. The molecule has 1 aromatic heterocycles. The summed E-state index contributed by atoms with van der Waals surface area (Å²) in [7, 11) is 0. The van der Waals surface area contributed by atoms with Gasteiger partial charge in [-0.05, 0) is 43.2 Å². The first-order chi connectivity index (χ1) is 15.3. The highest BCUT2D eigenvalue weighted by Gasteiger charge is 2.23. The van der Waals surface area contributed by atoms with Crippen molar-refractivity contribution in [1.29, 1.82) is 10.8 Å². The van der Waals surface area contributed by atoms with Gasteiger partial charge in [0.15, 0.2) is 0 Å². The number of ether oxygens (including phenoxy) is 1.